The predicted molar refractivity (Wildman–Crippen MR) is 49.1 cm³/mol. The van der Waals surface area contributed by atoms with Crippen molar-refractivity contribution >= 4 is 0 Å². The van der Waals surface area contributed by atoms with Crippen molar-refractivity contribution < 1.29 is 10.2 Å². The molecule has 0 saturated heterocycles. The zero-order chi connectivity index (χ0) is 9.07. The molecule has 4 nitrogen and oxygen atoms in total. The van der Waals surface area contributed by atoms with Gasteiger partial charge in [0, 0.05) is 26.3 Å². The molecule has 0 aliphatic carbocycles. The van der Waals surface area contributed by atoms with Gasteiger partial charge in [0.15, 0.2) is 0 Å². The summed E-state index contributed by atoms with van der Waals surface area (Å²) in [4.78, 5) is 0. The third kappa shape index (κ3) is 9.84. The molecule has 0 unspecified atom stereocenters. The van der Waals surface area contributed by atoms with Crippen LogP contribution >= 0.6 is 0 Å². The molecule has 0 aliphatic rings. The smallest absolute Gasteiger partial charge is 0.0443 e. The molecular formula is C8H20N2O2. The van der Waals surface area contributed by atoms with Crippen LogP contribution in [0.15, 0.2) is 0 Å². The van der Waals surface area contributed by atoms with Gasteiger partial charge in [-0.25, -0.2) is 0 Å². The fourth-order valence-corrected chi connectivity index (χ4v) is 0.835. The van der Waals surface area contributed by atoms with E-state index in [1.807, 2.05) is 0 Å². The molecule has 0 rings (SSSR count). The van der Waals surface area contributed by atoms with Crippen LogP contribution in [-0.2, 0) is 0 Å². The first-order chi connectivity index (χ1) is 5.91. The van der Waals surface area contributed by atoms with Gasteiger partial charge in [-0.15, -0.1) is 0 Å². The van der Waals surface area contributed by atoms with Crippen molar-refractivity contribution in [1.29, 1.82) is 0 Å². The molecule has 0 aromatic rings. The van der Waals surface area contributed by atoms with Crippen LogP contribution < -0.4 is 10.6 Å². The monoisotopic (exact) mass is 176 g/mol. The summed E-state index contributed by atoms with van der Waals surface area (Å²) < 4.78 is 0. The van der Waals surface area contributed by atoms with Crippen molar-refractivity contribution in [3.8, 4) is 0 Å². The lowest BCUT2D eigenvalue weighted by molar-refractivity contribution is 0.283. The lowest BCUT2D eigenvalue weighted by atomic mass is 10.4. The van der Waals surface area contributed by atoms with E-state index in [0.717, 1.165) is 39.0 Å². The van der Waals surface area contributed by atoms with Gasteiger partial charge < -0.3 is 20.8 Å². The van der Waals surface area contributed by atoms with Crippen molar-refractivity contribution in [1.82, 2.24) is 10.6 Å². The second kappa shape index (κ2) is 10.8. The van der Waals surface area contributed by atoms with Crippen LogP contribution in [0.4, 0.5) is 0 Å². The van der Waals surface area contributed by atoms with E-state index in [0.29, 0.717) is 0 Å². The zero-order valence-electron chi connectivity index (χ0n) is 7.55. The maximum Gasteiger partial charge on any atom is 0.0443 e. The lowest BCUT2D eigenvalue weighted by Crippen LogP contribution is -2.29. The van der Waals surface area contributed by atoms with Gasteiger partial charge in [0.05, 0.1) is 0 Å². The second-order valence-corrected chi connectivity index (χ2v) is 2.65. The molecule has 0 atom stereocenters. The number of aliphatic hydroxyl groups is 2. The Hall–Kier alpha value is -0.160. The highest BCUT2D eigenvalue weighted by Crippen LogP contribution is 1.72. The van der Waals surface area contributed by atoms with Crippen LogP contribution in [0.25, 0.3) is 0 Å². The normalized spacial score (nSPS) is 10.5. The van der Waals surface area contributed by atoms with Crippen molar-refractivity contribution in [3.63, 3.8) is 0 Å². The zero-order valence-corrected chi connectivity index (χ0v) is 7.55. The molecule has 12 heavy (non-hydrogen) atoms. The Morgan fingerprint density at radius 2 is 1.08 bits per heavy atom. The van der Waals surface area contributed by atoms with Crippen molar-refractivity contribution in [2.45, 2.75) is 12.8 Å². The maximum absolute atomic E-state index is 8.46. The topological polar surface area (TPSA) is 64.5 Å². The highest BCUT2D eigenvalue weighted by molar-refractivity contribution is 4.51. The molecule has 0 aliphatic heterocycles. The summed E-state index contributed by atoms with van der Waals surface area (Å²) in [7, 11) is 0. The Balaban J connectivity index is 2.73. The molecule has 0 spiro atoms. The molecule has 0 saturated carbocycles. The predicted octanol–water partition coefficient (Wildman–Crippen LogP) is -1.07. The quantitative estimate of drug-likeness (QED) is 0.338. The van der Waals surface area contributed by atoms with E-state index in [1.165, 1.54) is 0 Å². The average Bonchev–Trinajstić information content (AvgIpc) is 2.10. The van der Waals surface area contributed by atoms with Gasteiger partial charge in [0.2, 0.25) is 0 Å². The summed E-state index contributed by atoms with van der Waals surface area (Å²) in [5, 5.41) is 23.3. The van der Waals surface area contributed by atoms with Gasteiger partial charge in [-0.1, -0.05) is 0 Å². The number of aliphatic hydroxyl groups excluding tert-OH is 2. The molecule has 0 aromatic heterocycles. The fraction of sp³-hybridized carbons (Fsp3) is 1.00. The number of hydrogen-bond donors (Lipinski definition) is 4. The Bertz CT molecular complexity index is 71.5. The molecule has 0 bridgehead atoms. The molecule has 0 amide bonds. The van der Waals surface area contributed by atoms with Gasteiger partial charge >= 0.3 is 0 Å². The number of hydrogen-bond acceptors (Lipinski definition) is 4. The molecule has 4 N–H and O–H groups in total. The number of rotatable bonds is 9. The molecular weight excluding hydrogens is 156 g/mol. The molecule has 74 valence electrons. The highest BCUT2D eigenvalue weighted by atomic mass is 16.3. The van der Waals surface area contributed by atoms with Gasteiger partial charge in [-0.2, -0.15) is 0 Å². The standard InChI is InChI=1S/C8H20N2O2/c11-7-1-3-9-5-6-10-4-2-8-12/h9-12H,1-8H2. The van der Waals surface area contributed by atoms with Gasteiger partial charge in [0.1, 0.15) is 0 Å². The van der Waals surface area contributed by atoms with Crippen molar-refractivity contribution in [3.05, 3.63) is 0 Å². The Morgan fingerprint density at radius 3 is 1.42 bits per heavy atom. The third-order valence-corrected chi connectivity index (χ3v) is 1.50. The van der Waals surface area contributed by atoms with E-state index in [-0.39, 0.29) is 13.2 Å². The number of nitrogens with one attached hydrogen (secondary N) is 2. The summed E-state index contributed by atoms with van der Waals surface area (Å²) in [6, 6.07) is 0. The minimum atomic E-state index is 0.255. The minimum absolute atomic E-state index is 0.255. The summed E-state index contributed by atoms with van der Waals surface area (Å²) in [6.45, 7) is 4.10. The van der Waals surface area contributed by atoms with E-state index in [9.17, 15) is 0 Å². The van der Waals surface area contributed by atoms with Gasteiger partial charge in [-0.3, -0.25) is 0 Å². The Labute approximate surface area is 74.0 Å². The van der Waals surface area contributed by atoms with E-state index in [2.05, 4.69) is 10.6 Å². The first-order valence-corrected chi connectivity index (χ1v) is 4.55. The van der Waals surface area contributed by atoms with Crippen LogP contribution in [0, 0.1) is 0 Å². The van der Waals surface area contributed by atoms with Crippen molar-refractivity contribution in [2.24, 2.45) is 0 Å². The van der Waals surface area contributed by atoms with E-state index in [4.69, 9.17) is 10.2 Å². The van der Waals surface area contributed by atoms with Gasteiger partial charge in [0.25, 0.3) is 0 Å². The van der Waals surface area contributed by atoms with Gasteiger partial charge in [-0.05, 0) is 25.9 Å². The first-order valence-electron chi connectivity index (χ1n) is 4.55. The fourth-order valence-electron chi connectivity index (χ4n) is 0.835. The second-order valence-electron chi connectivity index (χ2n) is 2.65. The minimum Gasteiger partial charge on any atom is -0.396 e. The molecule has 0 fully saturated rings. The molecule has 0 radical (unpaired) electrons. The molecule has 0 aromatic carbocycles. The lowest BCUT2D eigenvalue weighted by Gasteiger charge is -2.04. The molecule has 4 heteroatoms. The Kier molecular flexibility index (Phi) is 10.7. The average molecular weight is 176 g/mol. The van der Waals surface area contributed by atoms with Crippen LogP contribution in [0.2, 0.25) is 0 Å². The van der Waals surface area contributed by atoms with Crippen molar-refractivity contribution in [2.75, 3.05) is 39.4 Å². The maximum atomic E-state index is 8.46. The van der Waals surface area contributed by atoms with E-state index in [1.54, 1.807) is 0 Å². The molecule has 0 heterocycles. The Morgan fingerprint density at radius 1 is 0.667 bits per heavy atom. The first kappa shape index (κ1) is 11.8. The summed E-state index contributed by atoms with van der Waals surface area (Å²) in [5.74, 6) is 0. The SMILES string of the molecule is OCCCNCCNCCCO. The van der Waals surface area contributed by atoms with Crippen LogP contribution in [0.1, 0.15) is 12.8 Å². The highest BCUT2D eigenvalue weighted by Gasteiger charge is 1.87. The van der Waals surface area contributed by atoms with Crippen LogP contribution in [0.5, 0.6) is 0 Å². The largest absolute Gasteiger partial charge is 0.396 e. The summed E-state index contributed by atoms with van der Waals surface area (Å²) in [5.41, 5.74) is 0. The van der Waals surface area contributed by atoms with E-state index >= 15 is 0 Å². The summed E-state index contributed by atoms with van der Waals surface area (Å²) >= 11 is 0. The van der Waals surface area contributed by atoms with Crippen LogP contribution in [-0.4, -0.2) is 49.6 Å². The summed E-state index contributed by atoms with van der Waals surface area (Å²) in [6.07, 6.45) is 1.63. The van der Waals surface area contributed by atoms with Crippen LogP contribution in [0.3, 0.4) is 0 Å². The third-order valence-electron chi connectivity index (χ3n) is 1.50. The van der Waals surface area contributed by atoms with E-state index < -0.39 is 0 Å².